The Labute approximate surface area is 114 Å². The molecule has 104 valence electrons. The van der Waals surface area contributed by atoms with Crippen LogP contribution in [0.2, 0.25) is 0 Å². The van der Waals surface area contributed by atoms with E-state index in [9.17, 15) is 23.7 Å². The molecule has 0 radical (unpaired) electrons. The summed E-state index contributed by atoms with van der Waals surface area (Å²) in [7, 11) is 0. The highest BCUT2D eigenvalue weighted by molar-refractivity contribution is 9.10. The van der Waals surface area contributed by atoms with E-state index in [1.165, 1.54) is 18.2 Å². The standard InChI is InChI=1S/C10H9BrF2N2O4/c11-8-5(2-1-3-6(8)15(18)19)10(17)14-4-7(16)9(12)13/h1-3,7,9,16H,4H2,(H,14,17). The average Bonchev–Trinajstić information content (AvgIpc) is 2.35. The first-order valence-electron chi connectivity index (χ1n) is 5.02. The van der Waals surface area contributed by atoms with E-state index in [4.69, 9.17) is 5.11 Å². The summed E-state index contributed by atoms with van der Waals surface area (Å²) in [6, 6.07) is 3.78. The number of carbonyl (C=O) groups is 1. The molecule has 1 atom stereocenters. The fraction of sp³-hybridized carbons (Fsp3) is 0.300. The molecule has 0 aliphatic rings. The third-order valence-corrected chi connectivity index (χ3v) is 3.02. The van der Waals surface area contributed by atoms with Crippen LogP contribution >= 0.6 is 15.9 Å². The Kier molecular flexibility index (Phi) is 5.31. The largest absolute Gasteiger partial charge is 0.385 e. The van der Waals surface area contributed by atoms with E-state index in [1.54, 1.807) is 0 Å². The molecule has 1 amide bonds. The number of nitro benzene ring substituents is 1. The summed E-state index contributed by atoms with van der Waals surface area (Å²) in [4.78, 5) is 21.6. The van der Waals surface area contributed by atoms with E-state index in [2.05, 4.69) is 21.2 Å². The van der Waals surface area contributed by atoms with Gasteiger partial charge in [-0.25, -0.2) is 8.78 Å². The van der Waals surface area contributed by atoms with Crippen LogP contribution in [0.15, 0.2) is 22.7 Å². The van der Waals surface area contributed by atoms with Gasteiger partial charge in [-0.2, -0.15) is 0 Å². The molecule has 19 heavy (non-hydrogen) atoms. The lowest BCUT2D eigenvalue weighted by Gasteiger charge is -2.11. The van der Waals surface area contributed by atoms with Crippen molar-refractivity contribution >= 4 is 27.5 Å². The maximum Gasteiger partial charge on any atom is 0.284 e. The van der Waals surface area contributed by atoms with Gasteiger partial charge in [0.2, 0.25) is 0 Å². The third-order valence-electron chi connectivity index (χ3n) is 2.18. The minimum absolute atomic E-state index is 0.0518. The molecule has 2 N–H and O–H groups in total. The molecule has 1 aromatic rings. The Morgan fingerprint density at radius 1 is 1.53 bits per heavy atom. The normalized spacial score (nSPS) is 12.3. The van der Waals surface area contributed by atoms with Gasteiger partial charge in [0.1, 0.15) is 10.6 Å². The molecule has 0 fully saturated rings. The van der Waals surface area contributed by atoms with Crippen molar-refractivity contribution in [2.24, 2.45) is 0 Å². The first kappa shape index (κ1) is 15.4. The summed E-state index contributed by atoms with van der Waals surface area (Å²) in [5.74, 6) is -0.796. The second kappa shape index (κ2) is 6.53. The molecule has 0 saturated heterocycles. The van der Waals surface area contributed by atoms with Crippen LogP contribution in [0, 0.1) is 10.1 Å². The van der Waals surface area contributed by atoms with Crippen LogP contribution < -0.4 is 5.32 Å². The number of benzene rings is 1. The molecule has 0 bridgehead atoms. The zero-order valence-corrected chi connectivity index (χ0v) is 10.9. The number of aliphatic hydroxyl groups is 1. The van der Waals surface area contributed by atoms with E-state index in [-0.39, 0.29) is 15.7 Å². The molecule has 0 saturated carbocycles. The summed E-state index contributed by atoms with van der Waals surface area (Å²) in [5, 5.41) is 21.6. The third kappa shape index (κ3) is 3.93. The molecular formula is C10H9BrF2N2O4. The predicted molar refractivity (Wildman–Crippen MR) is 65.1 cm³/mol. The van der Waals surface area contributed by atoms with E-state index in [0.29, 0.717) is 0 Å². The van der Waals surface area contributed by atoms with Crippen LogP contribution in [-0.2, 0) is 0 Å². The lowest BCUT2D eigenvalue weighted by atomic mass is 10.2. The topological polar surface area (TPSA) is 92.5 Å². The zero-order chi connectivity index (χ0) is 14.6. The van der Waals surface area contributed by atoms with Crippen LogP contribution in [0.25, 0.3) is 0 Å². The van der Waals surface area contributed by atoms with Gasteiger partial charge in [0, 0.05) is 12.6 Å². The number of aliphatic hydroxyl groups excluding tert-OH is 1. The Morgan fingerprint density at radius 2 is 2.16 bits per heavy atom. The maximum atomic E-state index is 12.0. The number of carbonyl (C=O) groups excluding carboxylic acids is 1. The van der Waals surface area contributed by atoms with Gasteiger partial charge in [0.05, 0.1) is 10.5 Å². The van der Waals surface area contributed by atoms with Gasteiger partial charge in [0.25, 0.3) is 18.0 Å². The van der Waals surface area contributed by atoms with Gasteiger partial charge in [-0.15, -0.1) is 0 Å². The monoisotopic (exact) mass is 338 g/mol. The van der Waals surface area contributed by atoms with Crippen molar-refractivity contribution in [3.05, 3.63) is 38.3 Å². The number of rotatable bonds is 5. The first-order chi connectivity index (χ1) is 8.84. The second-order valence-electron chi connectivity index (χ2n) is 3.51. The number of alkyl halides is 2. The van der Waals surface area contributed by atoms with Crippen molar-refractivity contribution in [2.75, 3.05) is 6.54 Å². The molecule has 0 spiro atoms. The minimum Gasteiger partial charge on any atom is -0.385 e. The summed E-state index contributed by atoms with van der Waals surface area (Å²) in [5.41, 5.74) is -0.391. The van der Waals surface area contributed by atoms with Gasteiger partial charge < -0.3 is 10.4 Å². The summed E-state index contributed by atoms with van der Waals surface area (Å²) >= 11 is 2.91. The highest BCUT2D eigenvalue weighted by Crippen LogP contribution is 2.28. The lowest BCUT2D eigenvalue weighted by Crippen LogP contribution is -2.36. The molecule has 0 heterocycles. The molecule has 6 nitrogen and oxygen atoms in total. The highest BCUT2D eigenvalue weighted by Gasteiger charge is 2.21. The average molecular weight is 339 g/mol. The van der Waals surface area contributed by atoms with Gasteiger partial charge in [-0.05, 0) is 22.0 Å². The van der Waals surface area contributed by atoms with Gasteiger partial charge >= 0.3 is 0 Å². The number of halogens is 3. The van der Waals surface area contributed by atoms with Gasteiger partial charge in [-0.3, -0.25) is 14.9 Å². The molecule has 1 unspecified atom stereocenters. The number of hydrogen-bond donors (Lipinski definition) is 2. The lowest BCUT2D eigenvalue weighted by molar-refractivity contribution is -0.385. The molecule has 0 aliphatic carbocycles. The molecule has 0 aliphatic heterocycles. The fourth-order valence-electron chi connectivity index (χ4n) is 1.22. The quantitative estimate of drug-likeness (QED) is 0.631. The van der Waals surface area contributed by atoms with Gasteiger partial charge in [0.15, 0.2) is 0 Å². The maximum absolute atomic E-state index is 12.0. The van der Waals surface area contributed by atoms with E-state index < -0.39 is 29.9 Å². The van der Waals surface area contributed by atoms with Crippen LogP contribution in [-0.4, -0.2) is 35.0 Å². The Balaban J connectivity index is 2.83. The zero-order valence-electron chi connectivity index (χ0n) is 9.35. The van der Waals surface area contributed by atoms with Crippen molar-refractivity contribution < 1.29 is 23.6 Å². The molecular weight excluding hydrogens is 330 g/mol. The Morgan fingerprint density at radius 3 is 2.68 bits per heavy atom. The number of nitrogens with zero attached hydrogens (tertiary/aromatic N) is 1. The minimum atomic E-state index is -2.98. The van der Waals surface area contributed by atoms with Crippen molar-refractivity contribution in [2.45, 2.75) is 12.5 Å². The summed E-state index contributed by atoms with van der Waals surface area (Å²) in [6.07, 6.45) is -4.96. The predicted octanol–water partition coefficient (Wildman–Crippen LogP) is 1.71. The smallest absolute Gasteiger partial charge is 0.284 e. The van der Waals surface area contributed by atoms with Crippen LogP contribution in [0.3, 0.4) is 0 Å². The van der Waals surface area contributed by atoms with Crippen LogP contribution in [0.1, 0.15) is 10.4 Å². The Bertz CT molecular complexity index is 498. The van der Waals surface area contributed by atoms with E-state index in [1.807, 2.05) is 0 Å². The molecule has 9 heteroatoms. The van der Waals surface area contributed by atoms with Crippen molar-refractivity contribution in [1.82, 2.24) is 5.32 Å². The number of nitrogens with one attached hydrogen (secondary N) is 1. The van der Waals surface area contributed by atoms with Gasteiger partial charge in [-0.1, -0.05) is 6.07 Å². The Hall–Kier alpha value is -1.61. The summed E-state index contributed by atoms with van der Waals surface area (Å²) < 4.78 is 24.0. The van der Waals surface area contributed by atoms with Crippen LogP contribution in [0.5, 0.6) is 0 Å². The van der Waals surface area contributed by atoms with E-state index in [0.717, 1.165) is 0 Å². The van der Waals surface area contributed by atoms with E-state index >= 15 is 0 Å². The number of amides is 1. The number of hydrogen-bond acceptors (Lipinski definition) is 4. The molecule has 0 aromatic heterocycles. The van der Waals surface area contributed by atoms with Crippen molar-refractivity contribution in [1.29, 1.82) is 0 Å². The molecule has 1 aromatic carbocycles. The second-order valence-corrected chi connectivity index (χ2v) is 4.30. The molecule has 1 rings (SSSR count). The van der Waals surface area contributed by atoms with Crippen LogP contribution in [0.4, 0.5) is 14.5 Å². The first-order valence-corrected chi connectivity index (χ1v) is 5.81. The highest BCUT2D eigenvalue weighted by atomic mass is 79.9. The SMILES string of the molecule is O=C(NCC(O)C(F)F)c1cccc([N+](=O)[O-])c1Br. The van der Waals surface area contributed by atoms with Crippen molar-refractivity contribution in [3.63, 3.8) is 0 Å². The van der Waals surface area contributed by atoms with Crippen molar-refractivity contribution in [3.8, 4) is 0 Å². The summed E-state index contributed by atoms with van der Waals surface area (Å²) in [6.45, 7) is -0.647. The number of nitro groups is 1. The fourth-order valence-corrected chi connectivity index (χ4v) is 1.81.